The number of benzene rings is 1. The zero-order chi connectivity index (χ0) is 17.5. The first-order valence-corrected chi connectivity index (χ1v) is 10.3. The molecule has 3 heteroatoms. The summed E-state index contributed by atoms with van der Waals surface area (Å²) < 4.78 is -0.203. The standard InChI is InChI=1S/C21H34O2S/c1-20(2,17-22)19(23)21(24-18-13-9-8-10-14-18)15-11-6-4-3-5-7-12-16-21/h8-10,13-14,19,22-23H,3-7,11-12,15-17H2,1-2H3. The number of hydrogen-bond acceptors (Lipinski definition) is 3. The maximum absolute atomic E-state index is 11.3. The summed E-state index contributed by atoms with van der Waals surface area (Å²) in [6, 6.07) is 10.5. The predicted molar refractivity (Wildman–Crippen MR) is 103 cm³/mol. The summed E-state index contributed by atoms with van der Waals surface area (Å²) in [7, 11) is 0. The van der Waals surface area contributed by atoms with Crippen molar-refractivity contribution >= 4 is 11.8 Å². The number of aliphatic hydroxyl groups is 2. The van der Waals surface area contributed by atoms with Gasteiger partial charge in [0, 0.05) is 15.1 Å². The molecule has 1 aromatic rings. The quantitative estimate of drug-likeness (QED) is 0.745. The van der Waals surface area contributed by atoms with E-state index in [1.165, 1.54) is 49.8 Å². The summed E-state index contributed by atoms with van der Waals surface area (Å²) >= 11 is 1.84. The van der Waals surface area contributed by atoms with E-state index in [2.05, 4.69) is 24.3 Å². The van der Waals surface area contributed by atoms with E-state index in [1.54, 1.807) is 0 Å². The molecule has 24 heavy (non-hydrogen) atoms. The van der Waals surface area contributed by atoms with Crippen molar-refractivity contribution in [2.75, 3.05) is 6.61 Å². The van der Waals surface area contributed by atoms with Crippen molar-refractivity contribution in [3.05, 3.63) is 30.3 Å². The highest BCUT2D eigenvalue weighted by molar-refractivity contribution is 8.00. The lowest BCUT2D eigenvalue weighted by molar-refractivity contribution is -0.0229. The maximum Gasteiger partial charge on any atom is 0.0763 e. The van der Waals surface area contributed by atoms with Gasteiger partial charge in [0.25, 0.3) is 0 Å². The normalized spacial score (nSPS) is 21.2. The van der Waals surface area contributed by atoms with E-state index in [9.17, 15) is 10.2 Å². The minimum absolute atomic E-state index is 0.0191. The Hall–Kier alpha value is -0.510. The van der Waals surface area contributed by atoms with Crippen LogP contribution in [0.3, 0.4) is 0 Å². The first kappa shape index (κ1) is 19.8. The number of thioether (sulfide) groups is 1. The van der Waals surface area contributed by atoms with Crippen molar-refractivity contribution in [3.8, 4) is 0 Å². The van der Waals surface area contributed by atoms with Crippen molar-refractivity contribution in [1.82, 2.24) is 0 Å². The lowest BCUT2D eigenvalue weighted by Gasteiger charge is -2.45. The summed E-state index contributed by atoms with van der Waals surface area (Å²) in [5.74, 6) is 0. The van der Waals surface area contributed by atoms with Gasteiger partial charge in [0.15, 0.2) is 0 Å². The average Bonchev–Trinajstić information content (AvgIpc) is 2.60. The summed E-state index contributed by atoms with van der Waals surface area (Å²) in [6.45, 7) is 4.00. The van der Waals surface area contributed by atoms with Gasteiger partial charge >= 0.3 is 0 Å². The number of hydrogen-bond donors (Lipinski definition) is 2. The molecule has 2 N–H and O–H groups in total. The monoisotopic (exact) mass is 350 g/mol. The minimum atomic E-state index is -0.514. The fraction of sp³-hybridized carbons (Fsp3) is 0.714. The van der Waals surface area contributed by atoms with Crippen molar-refractivity contribution < 1.29 is 10.2 Å². The Kier molecular flexibility index (Phi) is 7.64. The molecule has 1 fully saturated rings. The molecule has 0 bridgehead atoms. The lowest BCUT2D eigenvalue weighted by Crippen LogP contribution is -2.49. The molecule has 0 saturated heterocycles. The van der Waals surface area contributed by atoms with Crippen molar-refractivity contribution in [2.45, 2.75) is 87.4 Å². The smallest absolute Gasteiger partial charge is 0.0763 e. The third-order valence-corrected chi connectivity index (χ3v) is 6.96. The third kappa shape index (κ3) is 5.24. The second kappa shape index (κ2) is 9.26. The van der Waals surface area contributed by atoms with Crippen LogP contribution < -0.4 is 0 Å². The molecule has 0 spiro atoms. The lowest BCUT2D eigenvalue weighted by atomic mass is 9.75. The maximum atomic E-state index is 11.3. The topological polar surface area (TPSA) is 40.5 Å². The minimum Gasteiger partial charge on any atom is -0.396 e. The van der Waals surface area contributed by atoms with Crippen molar-refractivity contribution in [3.63, 3.8) is 0 Å². The van der Waals surface area contributed by atoms with Gasteiger partial charge in [-0.2, -0.15) is 0 Å². The molecule has 1 unspecified atom stereocenters. The number of aliphatic hydroxyl groups excluding tert-OH is 2. The molecule has 0 aromatic heterocycles. The van der Waals surface area contributed by atoms with E-state index in [-0.39, 0.29) is 11.4 Å². The molecule has 2 rings (SSSR count). The molecule has 0 aliphatic heterocycles. The summed E-state index contributed by atoms with van der Waals surface area (Å²) in [6.07, 6.45) is 10.3. The highest BCUT2D eigenvalue weighted by atomic mass is 32.2. The zero-order valence-electron chi connectivity index (χ0n) is 15.3. The summed E-state index contributed by atoms with van der Waals surface area (Å²) in [4.78, 5) is 1.22. The third-order valence-electron chi connectivity index (χ3n) is 5.41. The molecule has 1 aliphatic carbocycles. The Morgan fingerprint density at radius 2 is 1.46 bits per heavy atom. The van der Waals surface area contributed by atoms with Gasteiger partial charge in [-0.1, -0.05) is 77.0 Å². The Balaban J connectivity index is 2.29. The number of rotatable bonds is 5. The van der Waals surface area contributed by atoms with E-state index in [4.69, 9.17) is 0 Å². The second-order valence-corrected chi connectivity index (χ2v) is 9.49. The molecule has 0 radical (unpaired) electrons. The molecular formula is C21H34O2S. The van der Waals surface area contributed by atoms with Gasteiger partial charge in [-0.25, -0.2) is 0 Å². The van der Waals surface area contributed by atoms with Crippen molar-refractivity contribution in [2.24, 2.45) is 5.41 Å². The molecule has 1 aromatic carbocycles. The Morgan fingerprint density at radius 1 is 0.958 bits per heavy atom. The van der Waals surface area contributed by atoms with Crippen LogP contribution in [-0.2, 0) is 0 Å². The summed E-state index contributed by atoms with van der Waals surface area (Å²) in [5.41, 5.74) is -0.480. The van der Waals surface area contributed by atoms with E-state index in [0.717, 1.165) is 12.8 Å². The van der Waals surface area contributed by atoms with Crippen LogP contribution in [0.4, 0.5) is 0 Å². The molecule has 0 amide bonds. The van der Waals surface area contributed by atoms with E-state index in [1.807, 2.05) is 31.7 Å². The SMILES string of the molecule is CC(C)(CO)C(O)C1(Sc2ccccc2)CCCCCCCCC1. The van der Waals surface area contributed by atoms with Crippen LogP contribution in [0.1, 0.15) is 71.6 Å². The summed E-state index contributed by atoms with van der Waals surface area (Å²) in [5, 5.41) is 21.1. The van der Waals surface area contributed by atoms with Gasteiger partial charge in [-0.05, 0) is 25.0 Å². The van der Waals surface area contributed by atoms with Gasteiger partial charge < -0.3 is 10.2 Å². The van der Waals surface area contributed by atoms with Crippen LogP contribution in [0.15, 0.2) is 35.2 Å². The second-order valence-electron chi connectivity index (χ2n) is 8.00. The van der Waals surface area contributed by atoms with Crippen LogP contribution in [-0.4, -0.2) is 27.7 Å². The Labute approximate surface area is 152 Å². The highest BCUT2D eigenvalue weighted by Gasteiger charge is 2.45. The largest absolute Gasteiger partial charge is 0.396 e. The fourth-order valence-electron chi connectivity index (χ4n) is 3.81. The first-order valence-electron chi connectivity index (χ1n) is 9.53. The van der Waals surface area contributed by atoms with E-state index >= 15 is 0 Å². The fourth-order valence-corrected chi connectivity index (χ4v) is 5.50. The average molecular weight is 351 g/mol. The van der Waals surface area contributed by atoms with Crippen LogP contribution in [0.2, 0.25) is 0 Å². The highest BCUT2D eigenvalue weighted by Crippen LogP contribution is 2.48. The van der Waals surface area contributed by atoms with Crippen molar-refractivity contribution in [1.29, 1.82) is 0 Å². The molecular weight excluding hydrogens is 316 g/mol. The molecule has 1 saturated carbocycles. The van der Waals surface area contributed by atoms with Gasteiger partial charge in [0.2, 0.25) is 0 Å². The zero-order valence-corrected chi connectivity index (χ0v) is 16.2. The molecule has 2 nitrogen and oxygen atoms in total. The molecule has 136 valence electrons. The van der Waals surface area contributed by atoms with Crippen LogP contribution in [0.25, 0.3) is 0 Å². The Bertz CT molecular complexity index is 462. The Morgan fingerprint density at radius 3 is 1.96 bits per heavy atom. The molecule has 0 heterocycles. The van der Waals surface area contributed by atoms with Gasteiger partial charge in [0.1, 0.15) is 0 Å². The van der Waals surface area contributed by atoms with Crippen LogP contribution in [0, 0.1) is 5.41 Å². The van der Waals surface area contributed by atoms with E-state index in [0.29, 0.717) is 0 Å². The molecule has 1 aliphatic rings. The first-order chi connectivity index (χ1) is 11.5. The van der Waals surface area contributed by atoms with Crippen LogP contribution in [0.5, 0.6) is 0 Å². The van der Waals surface area contributed by atoms with Crippen LogP contribution >= 0.6 is 11.8 Å². The van der Waals surface area contributed by atoms with E-state index < -0.39 is 11.5 Å². The van der Waals surface area contributed by atoms with Gasteiger partial charge in [-0.3, -0.25) is 0 Å². The predicted octanol–water partition coefficient (Wildman–Crippen LogP) is 5.42. The molecule has 1 atom stereocenters. The van der Waals surface area contributed by atoms with Gasteiger partial charge in [0.05, 0.1) is 12.7 Å². The van der Waals surface area contributed by atoms with Gasteiger partial charge in [-0.15, -0.1) is 11.8 Å².